The lowest BCUT2D eigenvalue weighted by Gasteiger charge is -2.18. The van der Waals surface area contributed by atoms with Crippen molar-refractivity contribution in [2.45, 2.75) is 264 Å². The Bertz CT molecular complexity index is 1290. The fourth-order valence-electron chi connectivity index (χ4n) is 7.49. The first-order chi connectivity index (χ1) is 32.5. The Labute approximate surface area is 407 Å². The average molecular weight is 919 g/mol. The van der Waals surface area contributed by atoms with Gasteiger partial charge < -0.3 is 14.2 Å². The maximum Gasteiger partial charge on any atom is 0.306 e. The predicted octanol–water partition coefficient (Wildman–Crippen LogP) is 18.4. The van der Waals surface area contributed by atoms with Crippen LogP contribution in [-0.2, 0) is 28.6 Å². The molecule has 0 saturated carbocycles. The van der Waals surface area contributed by atoms with Gasteiger partial charge >= 0.3 is 17.9 Å². The van der Waals surface area contributed by atoms with E-state index >= 15 is 0 Å². The Morgan fingerprint density at radius 2 is 0.606 bits per heavy atom. The molecule has 6 nitrogen and oxygen atoms in total. The molecule has 0 fully saturated rings. The highest BCUT2D eigenvalue weighted by Crippen LogP contribution is 2.15. The van der Waals surface area contributed by atoms with Crippen molar-refractivity contribution in [1.82, 2.24) is 0 Å². The van der Waals surface area contributed by atoms with Crippen LogP contribution in [0.4, 0.5) is 0 Å². The van der Waals surface area contributed by atoms with Crippen molar-refractivity contribution >= 4 is 17.9 Å². The van der Waals surface area contributed by atoms with Gasteiger partial charge in [0.25, 0.3) is 0 Å². The first-order valence-corrected chi connectivity index (χ1v) is 27.6. The van der Waals surface area contributed by atoms with Crippen LogP contribution in [0.1, 0.15) is 258 Å². The summed E-state index contributed by atoms with van der Waals surface area (Å²) >= 11 is 0. The van der Waals surface area contributed by atoms with E-state index in [4.69, 9.17) is 14.2 Å². The highest BCUT2D eigenvalue weighted by Gasteiger charge is 2.19. The highest BCUT2D eigenvalue weighted by atomic mass is 16.6. The third-order valence-corrected chi connectivity index (χ3v) is 11.6. The van der Waals surface area contributed by atoms with Crippen molar-refractivity contribution < 1.29 is 28.6 Å². The van der Waals surface area contributed by atoms with E-state index in [0.717, 1.165) is 116 Å². The Balaban J connectivity index is 4.15. The van der Waals surface area contributed by atoms with E-state index in [1.54, 1.807) is 0 Å². The second kappa shape index (κ2) is 54.2. The van der Waals surface area contributed by atoms with Crippen molar-refractivity contribution in [3.63, 3.8) is 0 Å². The van der Waals surface area contributed by atoms with E-state index < -0.39 is 6.10 Å². The second-order valence-corrected chi connectivity index (χ2v) is 18.1. The number of hydrogen-bond acceptors (Lipinski definition) is 6. The van der Waals surface area contributed by atoms with Gasteiger partial charge in [-0.05, 0) is 89.9 Å². The Morgan fingerprint density at radius 1 is 0.318 bits per heavy atom. The van der Waals surface area contributed by atoms with Gasteiger partial charge in [-0.3, -0.25) is 14.4 Å². The molecule has 0 heterocycles. The fourth-order valence-corrected chi connectivity index (χ4v) is 7.49. The molecule has 0 aliphatic rings. The van der Waals surface area contributed by atoms with Crippen molar-refractivity contribution in [3.05, 3.63) is 85.1 Å². The molecule has 0 amide bonds. The monoisotopic (exact) mass is 919 g/mol. The average Bonchev–Trinajstić information content (AvgIpc) is 3.31. The maximum absolute atomic E-state index is 12.8. The van der Waals surface area contributed by atoms with Crippen molar-refractivity contribution in [2.24, 2.45) is 0 Å². The van der Waals surface area contributed by atoms with E-state index in [2.05, 4.69) is 106 Å². The third kappa shape index (κ3) is 51.6. The predicted molar refractivity (Wildman–Crippen MR) is 284 cm³/mol. The van der Waals surface area contributed by atoms with Gasteiger partial charge in [-0.2, -0.15) is 0 Å². The van der Waals surface area contributed by atoms with Gasteiger partial charge in [0.2, 0.25) is 0 Å². The Morgan fingerprint density at radius 3 is 0.970 bits per heavy atom. The molecule has 6 heteroatoms. The molecule has 0 spiro atoms. The van der Waals surface area contributed by atoms with Gasteiger partial charge in [0.1, 0.15) is 13.2 Å². The van der Waals surface area contributed by atoms with Gasteiger partial charge in [0, 0.05) is 19.3 Å². The summed E-state index contributed by atoms with van der Waals surface area (Å²) in [4.78, 5) is 37.9. The lowest BCUT2D eigenvalue weighted by molar-refractivity contribution is -0.167. The zero-order valence-electron chi connectivity index (χ0n) is 43.2. The minimum atomic E-state index is -0.781. The van der Waals surface area contributed by atoms with Crippen LogP contribution in [0.15, 0.2) is 85.1 Å². The SMILES string of the molecule is CC/C=C\C/C=C\C/C=C\C/C=C\C/C=C\CCCCCCCCCCCCCC(=O)OCC(COC(=O)CCCCCCCCC)OC(=O)CCCCCCC/C=C\C/C=C\CCCC. The van der Waals surface area contributed by atoms with E-state index in [9.17, 15) is 14.4 Å². The molecule has 0 aliphatic heterocycles. The van der Waals surface area contributed by atoms with Gasteiger partial charge in [0.05, 0.1) is 0 Å². The van der Waals surface area contributed by atoms with Gasteiger partial charge in [0.15, 0.2) is 6.10 Å². The van der Waals surface area contributed by atoms with Crippen LogP contribution in [0.25, 0.3) is 0 Å². The van der Waals surface area contributed by atoms with Crippen LogP contribution in [0.3, 0.4) is 0 Å². The summed E-state index contributed by atoms with van der Waals surface area (Å²) in [6.45, 7) is 6.43. The van der Waals surface area contributed by atoms with E-state index in [1.807, 2.05) is 0 Å². The number of carbonyl (C=O) groups excluding carboxylic acids is 3. The first kappa shape index (κ1) is 62.6. The molecule has 0 saturated heterocycles. The second-order valence-electron chi connectivity index (χ2n) is 18.1. The quantitative estimate of drug-likeness (QED) is 0.0262. The van der Waals surface area contributed by atoms with Gasteiger partial charge in [-0.15, -0.1) is 0 Å². The van der Waals surface area contributed by atoms with Crippen LogP contribution in [0.5, 0.6) is 0 Å². The highest BCUT2D eigenvalue weighted by molar-refractivity contribution is 5.71. The molecule has 0 aliphatic carbocycles. The summed E-state index contributed by atoms with van der Waals surface area (Å²) in [5.74, 6) is -0.904. The molecule has 1 unspecified atom stereocenters. The third-order valence-electron chi connectivity index (χ3n) is 11.6. The number of hydrogen-bond donors (Lipinski definition) is 0. The molecule has 0 aromatic heterocycles. The number of allylic oxidation sites excluding steroid dienone is 14. The number of unbranched alkanes of at least 4 members (excludes halogenated alkanes) is 24. The molecule has 66 heavy (non-hydrogen) atoms. The van der Waals surface area contributed by atoms with Crippen LogP contribution in [0.2, 0.25) is 0 Å². The molecular weight excluding hydrogens is 817 g/mol. The number of esters is 3. The van der Waals surface area contributed by atoms with E-state index in [1.165, 1.54) is 103 Å². The first-order valence-electron chi connectivity index (χ1n) is 27.6. The summed E-state index contributed by atoms with van der Waals surface area (Å²) in [6, 6.07) is 0. The minimum Gasteiger partial charge on any atom is -0.462 e. The number of rotatable bonds is 49. The van der Waals surface area contributed by atoms with Crippen LogP contribution < -0.4 is 0 Å². The van der Waals surface area contributed by atoms with Crippen molar-refractivity contribution in [1.29, 1.82) is 0 Å². The molecule has 0 radical (unpaired) electrons. The largest absolute Gasteiger partial charge is 0.462 e. The molecule has 1 atom stereocenters. The molecular formula is C60H102O6. The summed E-state index contributed by atoms with van der Waals surface area (Å²) in [7, 11) is 0. The van der Waals surface area contributed by atoms with Gasteiger partial charge in [-0.25, -0.2) is 0 Å². The zero-order valence-corrected chi connectivity index (χ0v) is 43.2. The summed E-state index contributed by atoms with van der Waals surface area (Å²) in [6.07, 6.45) is 70.2. The Kier molecular flexibility index (Phi) is 51.4. The Hall–Kier alpha value is -3.41. The van der Waals surface area contributed by atoms with Crippen LogP contribution >= 0.6 is 0 Å². The van der Waals surface area contributed by atoms with Crippen LogP contribution in [0, 0.1) is 0 Å². The topological polar surface area (TPSA) is 78.9 Å². The standard InChI is InChI=1S/C60H102O6/c1-4-7-10-13-16-18-20-22-24-25-26-27-28-29-30-31-32-33-34-35-36-38-39-41-44-47-50-53-59(62)65-56-57(55-64-58(61)52-49-46-43-15-12-9-6-3)66-60(63)54-51-48-45-42-40-37-23-21-19-17-14-11-8-5-2/h7,10,14,16-18,21-24,26-27,29-30,57H,4-6,8-9,11-13,15,19-20,25,28,31-56H2,1-3H3/b10-7-,17-14-,18-16-,23-21-,24-22-,27-26-,30-29-. The minimum absolute atomic E-state index is 0.0818. The summed E-state index contributed by atoms with van der Waals surface area (Å²) < 4.78 is 16.7. The normalized spacial score (nSPS) is 12.7. The molecule has 378 valence electrons. The number of ether oxygens (including phenoxy) is 3. The number of carbonyl (C=O) groups is 3. The molecule has 0 aromatic carbocycles. The van der Waals surface area contributed by atoms with Crippen molar-refractivity contribution in [2.75, 3.05) is 13.2 Å². The molecule has 0 rings (SSSR count). The molecule has 0 bridgehead atoms. The lowest BCUT2D eigenvalue weighted by Crippen LogP contribution is -2.30. The smallest absolute Gasteiger partial charge is 0.306 e. The lowest BCUT2D eigenvalue weighted by atomic mass is 10.0. The molecule has 0 aromatic rings. The maximum atomic E-state index is 12.8. The fraction of sp³-hybridized carbons (Fsp3) is 0.717. The van der Waals surface area contributed by atoms with Crippen LogP contribution in [-0.4, -0.2) is 37.2 Å². The molecule has 0 N–H and O–H groups in total. The van der Waals surface area contributed by atoms with Gasteiger partial charge in [-0.1, -0.05) is 234 Å². The van der Waals surface area contributed by atoms with E-state index in [0.29, 0.717) is 19.3 Å². The zero-order chi connectivity index (χ0) is 47.9. The van der Waals surface area contributed by atoms with E-state index in [-0.39, 0.29) is 31.1 Å². The summed E-state index contributed by atoms with van der Waals surface area (Å²) in [5, 5.41) is 0. The van der Waals surface area contributed by atoms with Crippen molar-refractivity contribution in [3.8, 4) is 0 Å². The summed E-state index contributed by atoms with van der Waals surface area (Å²) in [5.41, 5.74) is 0.